The van der Waals surface area contributed by atoms with Crippen LogP contribution >= 0.6 is 0 Å². The van der Waals surface area contributed by atoms with Gasteiger partial charge >= 0.3 is 12.0 Å². The van der Waals surface area contributed by atoms with E-state index in [-0.39, 0.29) is 17.4 Å². The van der Waals surface area contributed by atoms with E-state index in [1.54, 1.807) is 18.2 Å². The third-order valence-electron chi connectivity index (χ3n) is 2.21. The number of hydrogen-bond donors (Lipinski definition) is 1. The van der Waals surface area contributed by atoms with Gasteiger partial charge in [-0.1, -0.05) is 12.1 Å². The van der Waals surface area contributed by atoms with E-state index in [4.69, 9.17) is 9.52 Å². The molecular formula is C11H9FN2O3. The molecule has 1 aromatic carbocycles. The Bertz CT molecular complexity index is 553. The number of para-hydroxylation sites is 1. The first-order valence-electron chi connectivity index (χ1n) is 4.76. The summed E-state index contributed by atoms with van der Waals surface area (Å²) in [6.45, 7) is 0. The Morgan fingerprint density at radius 3 is 2.76 bits per heavy atom. The average molecular weight is 236 g/mol. The van der Waals surface area contributed by atoms with Gasteiger partial charge in [0.2, 0.25) is 0 Å². The van der Waals surface area contributed by atoms with Crippen LogP contribution in [0.4, 0.5) is 16.1 Å². The molecule has 0 aliphatic rings. The summed E-state index contributed by atoms with van der Waals surface area (Å²) in [6.07, 6.45) is 1.01. The van der Waals surface area contributed by atoms with Crippen molar-refractivity contribution >= 4 is 17.7 Å². The maximum Gasteiger partial charge on any atom is 0.357 e. The van der Waals surface area contributed by atoms with E-state index in [0.717, 1.165) is 6.26 Å². The molecule has 0 unspecified atom stereocenters. The van der Waals surface area contributed by atoms with Crippen LogP contribution in [-0.2, 0) is 0 Å². The fraction of sp³-hybridized carbons (Fsp3) is 0.0909. The second-order valence-corrected chi connectivity index (χ2v) is 3.33. The molecule has 0 bridgehead atoms. The second-order valence-electron chi connectivity index (χ2n) is 3.33. The Kier molecular flexibility index (Phi) is 2.78. The highest BCUT2D eigenvalue weighted by Gasteiger charge is 2.16. The van der Waals surface area contributed by atoms with Crippen molar-refractivity contribution in [2.45, 2.75) is 0 Å². The van der Waals surface area contributed by atoms with Crippen molar-refractivity contribution in [3.05, 3.63) is 42.0 Å². The van der Waals surface area contributed by atoms with E-state index >= 15 is 0 Å². The second kappa shape index (κ2) is 4.25. The number of hydrogen-bond acceptors (Lipinski definition) is 4. The Morgan fingerprint density at radius 1 is 1.47 bits per heavy atom. The number of aromatic carboxylic acids is 1. The minimum atomic E-state index is -1.19. The first-order chi connectivity index (χ1) is 8.09. The van der Waals surface area contributed by atoms with Crippen LogP contribution in [0.15, 0.2) is 34.9 Å². The fourth-order valence-electron chi connectivity index (χ4n) is 1.34. The van der Waals surface area contributed by atoms with Crippen molar-refractivity contribution in [1.29, 1.82) is 0 Å². The standard InChI is InChI=1S/C11H9FN2O3/c1-14(9-5-3-2-4-7(9)12)11-13-8(6-17-11)10(15)16/h2-6H,1H3,(H,15,16). The topological polar surface area (TPSA) is 66.6 Å². The van der Waals surface area contributed by atoms with Crippen LogP contribution in [0.3, 0.4) is 0 Å². The normalized spacial score (nSPS) is 10.2. The Labute approximate surface area is 96.1 Å². The van der Waals surface area contributed by atoms with Crippen molar-refractivity contribution in [3.8, 4) is 0 Å². The van der Waals surface area contributed by atoms with Crippen LogP contribution in [-0.4, -0.2) is 23.1 Å². The van der Waals surface area contributed by atoms with E-state index < -0.39 is 11.8 Å². The van der Waals surface area contributed by atoms with Gasteiger partial charge < -0.3 is 9.52 Å². The molecule has 1 aromatic heterocycles. The lowest BCUT2D eigenvalue weighted by molar-refractivity contribution is 0.0690. The minimum absolute atomic E-state index is 0.0208. The van der Waals surface area contributed by atoms with Crippen LogP contribution in [0, 0.1) is 5.82 Å². The van der Waals surface area contributed by atoms with E-state index in [1.165, 1.54) is 18.0 Å². The summed E-state index contributed by atoms with van der Waals surface area (Å²) in [5.41, 5.74) is 0.0366. The van der Waals surface area contributed by atoms with Gasteiger partial charge in [0.05, 0.1) is 5.69 Å². The summed E-state index contributed by atoms with van der Waals surface area (Å²) < 4.78 is 18.4. The molecule has 1 heterocycles. The van der Waals surface area contributed by atoms with Crippen molar-refractivity contribution < 1.29 is 18.7 Å². The molecule has 6 heteroatoms. The molecule has 0 spiro atoms. The highest BCUT2D eigenvalue weighted by Crippen LogP contribution is 2.25. The molecule has 0 saturated carbocycles. The summed E-state index contributed by atoms with van der Waals surface area (Å²) in [6, 6.07) is 6.08. The number of halogens is 1. The molecule has 17 heavy (non-hydrogen) atoms. The van der Waals surface area contributed by atoms with E-state index in [9.17, 15) is 9.18 Å². The van der Waals surface area contributed by atoms with Crippen LogP contribution in [0.5, 0.6) is 0 Å². The van der Waals surface area contributed by atoms with Crippen LogP contribution < -0.4 is 4.90 Å². The lowest BCUT2D eigenvalue weighted by Crippen LogP contribution is -2.11. The SMILES string of the molecule is CN(c1nc(C(=O)O)co1)c1ccccc1F. The molecule has 0 atom stereocenters. The molecule has 1 N–H and O–H groups in total. The maximum absolute atomic E-state index is 13.5. The molecule has 0 aliphatic carbocycles. The fourth-order valence-corrected chi connectivity index (χ4v) is 1.34. The van der Waals surface area contributed by atoms with Crippen molar-refractivity contribution in [2.75, 3.05) is 11.9 Å². The highest BCUT2D eigenvalue weighted by molar-refractivity contribution is 5.85. The number of carboxylic acid groups (broad SMARTS) is 1. The summed E-state index contributed by atoms with van der Waals surface area (Å²) in [7, 11) is 1.54. The van der Waals surface area contributed by atoms with Gasteiger partial charge in [-0.15, -0.1) is 0 Å². The van der Waals surface area contributed by atoms with E-state index in [2.05, 4.69) is 4.98 Å². The smallest absolute Gasteiger partial charge is 0.357 e. The molecule has 2 rings (SSSR count). The number of rotatable bonds is 3. The molecule has 0 aliphatic heterocycles. The highest BCUT2D eigenvalue weighted by atomic mass is 19.1. The predicted octanol–water partition coefficient (Wildman–Crippen LogP) is 2.28. The van der Waals surface area contributed by atoms with Crippen molar-refractivity contribution in [2.24, 2.45) is 0 Å². The summed E-state index contributed by atoms with van der Waals surface area (Å²) in [5.74, 6) is -1.63. The van der Waals surface area contributed by atoms with E-state index in [0.29, 0.717) is 0 Å². The third kappa shape index (κ3) is 2.10. The van der Waals surface area contributed by atoms with Crippen molar-refractivity contribution in [1.82, 2.24) is 4.98 Å². The Morgan fingerprint density at radius 2 is 2.18 bits per heavy atom. The summed E-state index contributed by atoms with van der Waals surface area (Å²) >= 11 is 0. The van der Waals surface area contributed by atoms with Crippen LogP contribution in [0.2, 0.25) is 0 Å². The molecule has 88 valence electrons. The molecule has 0 fully saturated rings. The number of benzene rings is 1. The van der Waals surface area contributed by atoms with Gasteiger partial charge in [-0.25, -0.2) is 9.18 Å². The zero-order valence-electron chi connectivity index (χ0n) is 8.92. The lowest BCUT2D eigenvalue weighted by Gasteiger charge is -2.14. The average Bonchev–Trinajstić information content (AvgIpc) is 2.78. The van der Waals surface area contributed by atoms with Crippen molar-refractivity contribution in [3.63, 3.8) is 0 Å². The number of oxazole rings is 1. The molecule has 2 aromatic rings. The van der Waals surface area contributed by atoms with Gasteiger partial charge in [-0.3, -0.25) is 4.90 Å². The van der Waals surface area contributed by atoms with Gasteiger partial charge in [0.25, 0.3) is 0 Å². The molecule has 0 saturated heterocycles. The molecule has 5 nitrogen and oxygen atoms in total. The number of anilines is 2. The number of aromatic nitrogens is 1. The van der Waals surface area contributed by atoms with Gasteiger partial charge in [0, 0.05) is 7.05 Å². The first kappa shape index (κ1) is 11.1. The quantitative estimate of drug-likeness (QED) is 0.885. The molecular weight excluding hydrogens is 227 g/mol. The Hall–Kier alpha value is -2.37. The molecule has 0 amide bonds. The van der Waals surface area contributed by atoms with Crippen LogP contribution in [0.25, 0.3) is 0 Å². The minimum Gasteiger partial charge on any atom is -0.476 e. The van der Waals surface area contributed by atoms with Gasteiger partial charge in [0.1, 0.15) is 12.1 Å². The maximum atomic E-state index is 13.5. The van der Waals surface area contributed by atoms with Gasteiger partial charge in [-0.2, -0.15) is 4.98 Å². The van der Waals surface area contributed by atoms with E-state index in [1.807, 2.05) is 0 Å². The lowest BCUT2D eigenvalue weighted by atomic mass is 10.3. The summed E-state index contributed by atoms with van der Waals surface area (Å²) in [5, 5.41) is 8.69. The van der Waals surface area contributed by atoms with Gasteiger partial charge in [0.15, 0.2) is 5.69 Å². The van der Waals surface area contributed by atoms with Crippen LogP contribution in [0.1, 0.15) is 10.5 Å². The summed E-state index contributed by atoms with van der Waals surface area (Å²) in [4.78, 5) is 15.7. The number of nitrogens with zero attached hydrogens (tertiary/aromatic N) is 2. The first-order valence-corrected chi connectivity index (χ1v) is 4.76. The predicted molar refractivity (Wildman–Crippen MR) is 57.9 cm³/mol. The number of carboxylic acids is 1. The monoisotopic (exact) mass is 236 g/mol. The number of carbonyl (C=O) groups is 1. The molecule has 0 radical (unpaired) electrons. The van der Waals surface area contributed by atoms with Gasteiger partial charge in [-0.05, 0) is 12.1 Å². The largest absolute Gasteiger partial charge is 0.476 e. The zero-order chi connectivity index (χ0) is 12.4. The Balaban J connectivity index is 2.34. The zero-order valence-corrected chi connectivity index (χ0v) is 8.92. The third-order valence-corrected chi connectivity index (χ3v) is 2.21.